The minimum absolute atomic E-state index is 0.0717. The van der Waals surface area contributed by atoms with Gasteiger partial charge in [0.25, 0.3) is 5.91 Å². The van der Waals surface area contributed by atoms with Gasteiger partial charge in [-0.25, -0.2) is 12.7 Å². The number of ether oxygens (including phenoxy) is 2. The van der Waals surface area contributed by atoms with Gasteiger partial charge in [-0.05, 0) is 71.1 Å². The average molecular weight is 504 g/mol. The van der Waals surface area contributed by atoms with Gasteiger partial charge in [-0.1, -0.05) is 0 Å². The number of hydrogen-bond donors (Lipinski definition) is 1. The molecule has 2 aromatic carbocycles. The van der Waals surface area contributed by atoms with E-state index in [2.05, 4.69) is 27.9 Å². The summed E-state index contributed by atoms with van der Waals surface area (Å²) >= 11 is 2.19. The van der Waals surface area contributed by atoms with Crippen LogP contribution < -0.4 is 14.8 Å². The molecule has 0 radical (unpaired) electrons. The summed E-state index contributed by atoms with van der Waals surface area (Å²) in [5.41, 5.74) is 0. The van der Waals surface area contributed by atoms with E-state index >= 15 is 0 Å². The highest BCUT2D eigenvalue weighted by atomic mass is 127. The minimum Gasteiger partial charge on any atom is -0.492 e. The Balaban J connectivity index is 1.70. The number of nitrogens with one attached hydrogen (secondary N) is 1. The number of benzene rings is 2. The summed E-state index contributed by atoms with van der Waals surface area (Å²) in [4.78, 5) is 11.9. The predicted octanol–water partition coefficient (Wildman–Crippen LogP) is 2.12. The molecule has 2 rings (SSSR count). The van der Waals surface area contributed by atoms with Crippen LogP contribution in [0.4, 0.5) is 0 Å². The molecule has 9 heteroatoms. The third-order valence-electron chi connectivity index (χ3n) is 3.48. The van der Waals surface area contributed by atoms with Crippen LogP contribution >= 0.6 is 22.6 Å². The Labute approximate surface area is 172 Å². The van der Waals surface area contributed by atoms with Crippen molar-refractivity contribution in [3.8, 4) is 11.5 Å². The lowest BCUT2D eigenvalue weighted by Gasteiger charge is -2.12. The molecule has 0 heterocycles. The maximum absolute atomic E-state index is 12.0. The molecule has 0 atom stereocenters. The second kappa shape index (κ2) is 9.90. The predicted molar refractivity (Wildman–Crippen MR) is 110 cm³/mol. The maximum atomic E-state index is 12.0. The van der Waals surface area contributed by atoms with Crippen molar-refractivity contribution in [2.45, 2.75) is 4.90 Å². The van der Waals surface area contributed by atoms with Gasteiger partial charge in [-0.2, -0.15) is 0 Å². The van der Waals surface area contributed by atoms with Gasteiger partial charge in [0.1, 0.15) is 18.1 Å². The van der Waals surface area contributed by atoms with Gasteiger partial charge in [-0.3, -0.25) is 4.79 Å². The lowest BCUT2D eigenvalue weighted by atomic mass is 10.3. The zero-order chi connectivity index (χ0) is 19.9. The fraction of sp³-hybridized carbons (Fsp3) is 0.278. The molecule has 0 saturated carbocycles. The van der Waals surface area contributed by atoms with Gasteiger partial charge in [0.15, 0.2) is 6.61 Å². The number of nitrogens with zero attached hydrogens (tertiary/aromatic N) is 1. The van der Waals surface area contributed by atoms with Gasteiger partial charge in [-0.15, -0.1) is 0 Å². The zero-order valence-electron chi connectivity index (χ0n) is 15.0. The van der Waals surface area contributed by atoms with E-state index in [0.717, 1.165) is 7.88 Å². The summed E-state index contributed by atoms with van der Waals surface area (Å²) in [6.07, 6.45) is 0. The SMILES string of the molecule is CN(C)S(=O)(=O)c1ccc(OCCNC(=O)COc2ccc(I)cc2)cc1. The van der Waals surface area contributed by atoms with Crippen LogP contribution in [0.5, 0.6) is 11.5 Å². The highest BCUT2D eigenvalue weighted by Gasteiger charge is 2.16. The molecule has 27 heavy (non-hydrogen) atoms. The zero-order valence-corrected chi connectivity index (χ0v) is 18.0. The molecular weight excluding hydrogens is 483 g/mol. The Kier molecular flexibility index (Phi) is 7.87. The van der Waals surface area contributed by atoms with Crippen molar-refractivity contribution in [1.82, 2.24) is 9.62 Å². The van der Waals surface area contributed by atoms with E-state index in [0.29, 0.717) is 18.0 Å². The van der Waals surface area contributed by atoms with Crippen LogP contribution in [0.2, 0.25) is 0 Å². The van der Waals surface area contributed by atoms with Crippen LogP contribution in [-0.4, -0.2) is 52.5 Å². The Morgan fingerprint density at radius 2 is 1.56 bits per heavy atom. The van der Waals surface area contributed by atoms with Crippen molar-refractivity contribution < 1.29 is 22.7 Å². The Morgan fingerprint density at radius 3 is 2.15 bits per heavy atom. The summed E-state index contributed by atoms with van der Waals surface area (Å²) in [7, 11) is -0.502. The van der Waals surface area contributed by atoms with Crippen molar-refractivity contribution in [1.29, 1.82) is 0 Å². The molecule has 0 aliphatic carbocycles. The molecule has 2 aromatic rings. The third kappa shape index (κ3) is 6.67. The highest BCUT2D eigenvalue weighted by molar-refractivity contribution is 14.1. The second-order valence-corrected chi connectivity index (χ2v) is 9.10. The first-order chi connectivity index (χ1) is 12.8. The third-order valence-corrected chi connectivity index (χ3v) is 6.03. The molecule has 0 aliphatic rings. The molecule has 0 unspecified atom stereocenters. The summed E-state index contributed by atoms with van der Waals surface area (Å²) in [5, 5.41) is 2.69. The molecule has 0 aliphatic heterocycles. The van der Waals surface area contributed by atoms with Crippen molar-refractivity contribution in [2.24, 2.45) is 0 Å². The van der Waals surface area contributed by atoms with Crippen LogP contribution in [0.15, 0.2) is 53.4 Å². The van der Waals surface area contributed by atoms with Gasteiger partial charge >= 0.3 is 0 Å². The largest absolute Gasteiger partial charge is 0.492 e. The van der Waals surface area contributed by atoms with E-state index < -0.39 is 10.0 Å². The molecule has 7 nitrogen and oxygen atoms in total. The first kappa shape index (κ1) is 21.5. The topological polar surface area (TPSA) is 84.9 Å². The number of rotatable bonds is 9. The molecule has 0 bridgehead atoms. The lowest BCUT2D eigenvalue weighted by Crippen LogP contribution is -2.32. The van der Waals surface area contributed by atoms with Crippen molar-refractivity contribution >= 4 is 38.5 Å². The average Bonchev–Trinajstić information content (AvgIpc) is 2.65. The summed E-state index contributed by atoms with van der Waals surface area (Å²) in [5.74, 6) is 0.913. The van der Waals surface area contributed by atoms with Crippen LogP contribution in [0.3, 0.4) is 0 Å². The summed E-state index contributed by atoms with van der Waals surface area (Å²) in [6.45, 7) is 0.499. The van der Waals surface area contributed by atoms with Crippen molar-refractivity contribution in [3.05, 3.63) is 52.1 Å². The summed E-state index contributed by atoms with van der Waals surface area (Å²) < 4.78 is 37.1. The van der Waals surface area contributed by atoms with Gasteiger partial charge in [0.05, 0.1) is 11.4 Å². The van der Waals surface area contributed by atoms with E-state index in [9.17, 15) is 13.2 Å². The number of halogens is 1. The Hall–Kier alpha value is -1.85. The van der Waals surface area contributed by atoms with Gasteiger partial charge in [0.2, 0.25) is 10.0 Å². The second-order valence-electron chi connectivity index (χ2n) is 5.70. The first-order valence-electron chi connectivity index (χ1n) is 8.09. The van der Waals surface area contributed by atoms with E-state index in [-0.39, 0.29) is 24.0 Å². The van der Waals surface area contributed by atoms with E-state index in [4.69, 9.17) is 9.47 Å². The van der Waals surface area contributed by atoms with Crippen molar-refractivity contribution in [3.63, 3.8) is 0 Å². The molecule has 1 amide bonds. The van der Waals surface area contributed by atoms with Gasteiger partial charge in [0, 0.05) is 17.7 Å². The van der Waals surface area contributed by atoms with Crippen LogP contribution in [0.25, 0.3) is 0 Å². The molecule has 1 N–H and O–H groups in total. The quantitative estimate of drug-likeness (QED) is 0.418. The first-order valence-corrected chi connectivity index (χ1v) is 10.6. The van der Waals surface area contributed by atoms with E-state index in [1.807, 2.05) is 12.1 Å². The van der Waals surface area contributed by atoms with E-state index in [1.54, 1.807) is 24.3 Å². The number of hydrogen-bond acceptors (Lipinski definition) is 5. The normalized spacial score (nSPS) is 11.3. The van der Waals surface area contributed by atoms with Crippen LogP contribution in [-0.2, 0) is 14.8 Å². The maximum Gasteiger partial charge on any atom is 0.258 e. The smallest absolute Gasteiger partial charge is 0.258 e. The molecular formula is C18H21IN2O5S. The lowest BCUT2D eigenvalue weighted by molar-refractivity contribution is -0.123. The fourth-order valence-corrected chi connectivity index (χ4v) is 3.27. The Morgan fingerprint density at radius 1 is 1.00 bits per heavy atom. The van der Waals surface area contributed by atoms with Crippen LogP contribution in [0.1, 0.15) is 0 Å². The highest BCUT2D eigenvalue weighted by Crippen LogP contribution is 2.18. The summed E-state index contributed by atoms with van der Waals surface area (Å²) in [6, 6.07) is 13.5. The number of sulfonamides is 1. The standard InChI is InChI=1S/C18H21IN2O5S/c1-21(2)27(23,24)17-9-7-15(8-10-17)25-12-11-20-18(22)13-26-16-5-3-14(19)4-6-16/h3-10H,11-13H2,1-2H3,(H,20,22). The van der Waals surface area contributed by atoms with Gasteiger partial charge < -0.3 is 14.8 Å². The van der Waals surface area contributed by atoms with Crippen molar-refractivity contribution in [2.75, 3.05) is 33.9 Å². The fourth-order valence-electron chi connectivity index (χ4n) is 2.01. The Bertz CT molecular complexity index is 852. The monoisotopic (exact) mass is 504 g/mol. The number of amides is 1. The van der Waals surface area contributed by atoms with E-state index in [1.165, 1.54) is 26.2 Å². The molecule has 146 valence electrons. The minimum atomic E-state index is -3.46. The molecule has 0 aromatic heterocycles. The molecule has 0 saturated heterocycles. The molecule has 0 fully saturated rings. The van der Waals surface area contributed by atoms with Crippen LogP contribution in [0, 0.1) is 3.57 Å². The number of carbonyl (C=O) groups excluding carboxylic acids is 1. The number of carbonyl (C=O) groups is 1. The molecule has 0 spiro atoms.